The minimum absolute atomic E-state index is 0.0557. The summed E-state index contributed by atoms with van der Waals surface area (Å²) in [6.45, 7) is 4.62. The summed E-state index contributed by atoms with van der Waals surface area (Å²) in [5.74, 6) is -7.05. The van der Waals surface area contributed by atoms with Gasteiger partial charge in [-0.15, -0.1) is 0 Å². The molecule has 112 valence electrons. The van der Waals surface area contributed by atoms with E-state index in [0.29, 0.717) is 11.6 Å². The molecule has 0 bridgehead atoms. The molecular weight excluding hydrogens is 291 g/mol. The highest BCUT2D eigenvalue weighted by Crippen LogP contribution is 2.43. The SMILES string of the molecule is C=CC(=O)OC1(C(F)(F)F)Oc2cc(C)ccc2NC1=O. The third kappa shape index (κ3) is 2.44. The Morgan fingerprint density at radius 1 is 1.48 bits per heavy atom. The molecule has 2 rings (SSSR count). The largest absolute Gasteiger partial charge is 0.478 e. The van der Waals surface area contributed by atoms with Gasteiger partial charge in [-0.1, -0.05) is 12.6 Å². The van der Waals surface area contributed by atoms with Gasteiger partial charge in [0, 0.05) is 6.08 Å². The molecule has 0 saturated carbocycles. The molecule has 1 aliphatic rings. The number of nitrogens with one attached hydrogen (secondary N) is 1. The molecule has 1 aliphatic heterocycles. The van der Waals surface area contributed by atoms with Gasteiger partial charge in [-0.25, -0.2) is 4.79 Å². The molecule has 21 heavy (non-hydrogen) atoms. The van der Waals surface area contributed by atoms with E-state index >= 15 is 0 Å². The molecule has 8 heteroatoms. The molecule has 0 spiro atoms. The van der Waals surface area contributed by atoms with Crippen LogP contribution < -0.4 is 10.1 Å². The zero-order valence-electron chi connectivity index (χ0n) is 10.8. The third-order valence-corrected chi connectivity index (χ3v) is 2.72. The number of carbonyl (C=O) groups excluding carboxylic acids is 2. The van der Waals surface area contributed by atoms with Crippen LogP contribution in [0.25, 0.3) is 0 Å². The Hall–Kier alpha value is -2.51. The van der Waals surface area contributed by atoms with Gasteiger partial charge in [0.15, 0.2) is 0 Å². The van der Waals surface area contributed by atoms with Gasteiger partial charge in [-0.2, -0.15) is 13.2 Å². The lowest BCUT2D eigenvalue weighted by Gasteiger charge is -2.36. The van der Waals surface area contributed by atoms with Crippen molar-refractivity contribution in [2.75, 3.05) is 5.32 Å². The molecule has 0 radical (unpaired) electrons. The van der Waals surface area contributed by atoms with E-state index in [-0.39, 0.29) is 11.4 Å². The van der Waals surface area contributed by atoms with E-state index in [4.69, 9.17) is 4.74 Å². The van der Waals surface area contributed by atoms with Gasteiger partial charge < -0.3 is 14.8 Å². The lowest BCUT2D eigenvalue weighted by Crippen LogP contribution is -2.63. The van der Waals surface area contributed by atoms with Crippen molar-refractivity contribution < 1.29 is 32.2 Å². The lowest BCUT2D eigenvalue weighted by molar-refractivity contribution is -0.319. The summed E-state index contributed by atoms with van der Waals surface area (Å²) in [5.41, 5.74) is 0.663. The van der Waals surface area contributed by atoms with Crippen LogP contribution in [0.1, 0.15) is 5.56 Å². The first-order valence-corrected chi connectivity index (χ1v) is 5.73. The van der Waals surface area contributed by atoms with Crippen LogP contribution in [-0.2, 0) is 14.3 Å². The van der Waals surface area contributed by atoms with Crippen LogP contribution in [0.3, 0.4) is 0 Å². The van der Waals surface area contributed by atoms with Crippen molar-refractivity contribution in [3.63, 3.8) is 0 Å². The first-order chi connectivity index (χ1) is 9.69. The number of anilines is 1. The predicted molar refractivity (Wildman–Crippen MR) is 65.5 cm³/mol. The van der Waals surface area contributed by atoms with Gasteiger partial charge in [0.25, 0.3) is 0 Å². The zero-order chi connectivity index (χ0) is 15.8. The second-order valence-corrected chi connectivity index (χ2v) is 4.30. The highest BCUT2D eigenvalue weighted by molar-refractivity contribution is 6.02. The fourth-order valence-corrected chi connectivity index (χ4v) is 1.72. The fraction of sp³-hybridized carbons (Fsp3) is 0.231. The quantitative estimate of drug-likeness (QED) is 0.672. The summed E-state index contributed by atoms with van der Waals surface area (Å²) >= 11 is 0. The van der Waals surface area contributed by atoms with Crippen molar-refractivity contribution in [3.05, 3.63) is 36.4 Å². The van der Waals surface area contributed by atoms with E-state index in [1.165, 1.54) is 12.1 Å². The van der Waals surface area contributed by atoms with Gasteiger partial charge in [-0.05, 0) is 24.6 Å². The second-order valence-electron chi connectivity index (χ2n) is 4.30. The van der Waals surface area contributed by atoms with Gasteiger partial charge in [0.05, 0.1) is 5.69 Å². The number of rotatable bonds is 2. The van der Waals surface area contributed by atoms with Gasteiger partial charge in [-0.3, -0.25) is 4.79 Å². The van der Waals surface area contributed by atoms with Gasteiger partial charge in [0.2, 0.25) is 0 Å². The van der Waals surface area contributed by atoms with Crippen LogP contribution in [0.5, 0.6) is 5.75 Å². The van der Waals surface area contributed by atoms with Crippen molar-refractivity contribution in [1.29, 1.82) is 0 Å². The first-order valence-electron chi connectivity index (χ1n) is 5.73. The number of fused-ring (bicyclic) bond motifs is 1. The number of amides is 1. The molecule has 1 unspecified atom stereocenters. The van der Waals surface area contributed by atoms with E-state index in [0.717, 1.165) is 0 Å². The van der Waals surface area contributed by atoms with Gasteiger partial charge >= 0.3 is 23.8 Å². The van der Waals surface area contributed by atoms with Crippen LogP contribution in [0.4, 0.5) is 18.9 Å². The maximum absolute atomic E-state index is 13.2. The Morgan fingerprint density at radius 3 is 2.71 bits per heavy atom. The summed E-state index contributed by atoms with van der Waals surface area (Å²) in [5, 5.41) is 2.02. The standard InChI is InChI=1S/C13H10F3NO4/c1-3-10(18)21-12(13(14,15)16)11(19)17-8-5-4-7(2)6-9(8)20-12/h3-6H,1H2,2H3,(H,17,19). The summed E-state index contributed by atoms with van der Waals surface area (Å²) in [4.78, 5) is 23.0. The molecule has 0 saturated heterocycles. The minimum Gasteiger partial charge on any atom is -0.435 e. The fourth-order valence-electron chi connectivity index (χ4n) is 1.72. The van der Waals surface area contributed by atoms with Crippen LogP contribution in [0, 0.1) is 6.92 Å². The average molecular weight is 301 g/mol. The normalized spacial score (nSPS) is 20.9. The molecule has 1 atom stereocenters. The molecule has 1 heterocycles. The van der Waals surface area contributed by atoms with Gasteiger partial charge in [0.1, 0.15) is 5.75 Å². The minimum atomic E-state index is -5.27. The molecule has 5 nitrogen and oxygen atoms in total. The third-order valence-electron chi connectivity index (χ3n) is 2.72. The number of esters is 1. The number of aryl methyl sites for hydroxylation is 1. The lowest BCUT2D eigenvalue weighted by atomic mass is 10.1. The van der Waals surface area contributed by atoms with Crippen molar-refractivity contribution >= 4 is 17.6 Å². The number of carbonyl (C=O) groups is 2. The van der Waals surface area contributed by atoms with E-state index < -0.39 is 23.8 Å². The Bertz CT molecular complexity index is 626. The Kier molecular flexibility index (Phi) is 3.40. The molecular formula is C13H10F3NO4. The van der Waals surface area contributed by atoms with Crippen LogP contribution >= 0.6 is 0 Å². The molecule has 0 fully saturated rings. The molecule has 0 aromatic heterocycles. The highest BCUT2D eigenvalue weighted by atomic mass is 19.4. The van der Waals surface area contributed by atoms with Crippen molar-refractivity contribution in [2.45, 2.75) is 18.9 Å². The monoisotopic (exact) mass is 301 g/mol. The maximum Gasteiger partial charge on any atom is 0.478 e. The molecule has 1 amide bonds. The zero-order valence-corrected chi connectivity index (χ0v) is 10.8. The Balaban J connectivity index is 2.53. The number of alkyl halides is 3. The Labute approximate surface area is 117 Å². The molecule has 1 N–H and O–H groups in total. The maximum atomic E-state index is 13.2. The molecule has 1 aromatic carbocycles. The Morgan fingerprint density at radius 2 is 2.14 bits per heavy atom. The number of ether oxygens (including phenoxy) is 2. The summed E-state index contributed by atoms with van der Waals surface area (Å²) in [6.07, 6.45) is -4.76. The molecule has 0 aliphatic carbocycles. The average Bonchev–Trinajstić information content (AvgIpc) is 2.38. The van der Waals surface area contributed by atoms with Crippen molar-refractivity contribution in [1.82, 2.24) is 0 Å². The van der Waals surface area contributed by atoms with Crippen molar-refractivity contribution in [3.8, 4) is 5.75 Å². The second kappa shape index (κ2) is 4.80. The van der Waals surface area contributed by atoms with Crippen LogP contribution in [-0.4, -0.2) is 23.8 Å². The first kappa shape index (κ1) is 14.9. The van der Waals surface area contributed by atoms with E-state index in [9.17, 15) is 22.8 Å². The summed E-state index contributed by atoms with van der Waals surface area (Å²) in [6, 6.07) is 4.26. The molecule has 1 aromatic rings. The number of benzene rings is 1. The van der Waals surface area contributed by atoms with E-state index in [1.54, 1.807) is 13.0 Å². The number of hydrogen-bond donors (Lipinski definition) is 1. The van der Waals surface area contributed by atoms with E-state index in [1.807, 2.05) is 5.32 Å². The smallest absolute Gasteiger partial charge is 0.435 e. The summed E-state index contributed by atoms with van der Waals surface area (Å²) < 4.78 is 48.6. The number of halogens is 3. The highest BCUT2D eigenvalue weighted by Gasteiger charge is 2.69. The summed E-state index contributed by atoms with van der Waals surface area (Å²) in [7, 11) is 0. The topological polar surface area (TPSA) is 64.6 Å². The number of hydrogen-bond acceptors (Lipinski definition) is 4. The predicted octanol–water partition coefficient (Wildman–Crippen LogP) is 2.31. The van der Waals surface area contributed by atoms with Crippen LogP contribution in [0.2, 0.25) is 0 Å². The van der Waals surface area contributed by atoms with Crippen molar-refractivity contribution in [2.24, 2.45) is 0 Å². The van der Waals surface area contributed by atoms with Crippen LogP contribution in [0.15, 0.2) is 30.9 Å². The van der Waals surface area contributed by atoms with E-state index in [2.05, 4.69) is 11.3 Å².